The van der Waals surface area contributed by atoms with Crippen molar-refractivity contribution < 1.29 is 4.79 Å². The first-order chi connectivity index (χ1) is 6.61. The molecule has 0 aromatic carbocycles. The summed E-state index contributed by atoms with van der Waals surface area (Å²) in [6, 6.07) is 0. The van der Waals surface area contributed by atoms with Gasteiger partial charge in [-0.25, -0.2) is 0 Å². The summed E-state index contributed by atoms with van der Waals surface area (Å²) in [4.78, 5) is 16.9. The second-order valence-corrected chi connectivity index (χ2v) is 4.01. The molecule has 4 heteroatoms. The van der Waals surface area contributed by atoms with Crippen LogP contribution in [0.2, 0.25) is 0 Å². The van der Waals surface area contributed by atoms with Gasteiger partial charge in [-0.2, -0.15) is 0 Å². The van der Waals surface area contributed by atoms with Gasteiger partial charge in [-0.05, 0) is 12.8 Å². The van der Waals surface area contributed by atoms with Crippen LogP contribution in [0.3, 0.4) is 0 Å². The van der Waals surface area contributed by atoms with Gasteiger partial charge >= 0.3 is 0 Å². The average Bonchev–Trinajstić information content (AvgIpc) is 2.66. The standard InChI is InChI=1S/C10H19N3O/c1-13(2)9(14)7-12-10(11)8-5-3-4-6-8/h8H,3-7H2,1-2H3,(H2,11,12). The van der Waals surface area contributed by atoms with Crippen LogP contribution in [0, 0.1) is 5.92 Å². The topological polar surface area (TPSA) is 58.7 Å². The molecule has 0 heterocycles. The van der Waals surface area contributed by atoms with Gasteiger partial charge in [0.25, 0.3) is 0 Å². The number of aliphatic imine (C=N–C) groups is 1. The second-order valence-electron chi connectivity index (χ2n) is 4.01. The van der Waals surface area contributed by atoms with Crippen LogP contribution in [0.5, 0.6) is 0 Å². The number of likely N-dealkylation sites (N-methyl/N-ethyl adjacent to an activating group) is 1. The summed E-state index contributed by atoms with van der Waals surface area (Å²) in [5.74, 6) is 1.09. The van der Waals surface area contributed by atoms with Crippen LogP contribution in [0.15, 0.2) is 4.99 Å². The van der Waals surface area contributed by atoms with Crippen LogP contribution < -0.4 is 5.73 Å². The Morgan fingerprint density at radius 1 is 1.43 bits per heavy atom. The highest BCUT2D eigenvalue weighted by Gasteiger charge is 2.18. The van der Waals surface area contributed by atoms with Crippen molar-refractivity contribution in [3.05, 3.63) is 0 Å². The number of amides is 1. The maximum Gasteiger partial charge on any atom is 0.243 e. The van der Waals surface area contributed by atoms with E-state index in [-0.39, 0.29) is 12.5 Å². The SMILES string of the molecule is CN(C)C(=O)CN=C(N)C1CCCC1. The summed E-state index contributed by atoms with van der Waals surface area (Å²) >= 11 is 0. The molecule has 1 aliphatic rings. The molecular formula is C10H19N3O. The minimum atomic E-state index is 0.00551. The molecule has 1 rings (SSSR count). The van der Waals surface area contributed by atoms with Gasteiger partial charge < -0.3 is 10.6 Å². The summed E-state index contributed by atoms with van der Waals surface area (Å²) < 4.78 is 0. The molecule has 1 saturated carbocycles. The predicted octanol–water partition coefficient (Wildman–Crippen LogP) is 0.622. The molecule has 14 heavy (non-hydrogen) atoms. The maximum absolute atomic E-state index is 11.2. The summed E-state index contributed by atoms with van der Waals surface area (Å²) in [5, 5.41) is 0. The molecule has 0 atom stereocenters. The molecule has 1 fully saturated rings. The maximum atomic E-state index is 11.2. The zero-order valence-electron chi connectivity index (χ0n) is 8.99. The van der Waals surface area contributed by atoms with Crippen molar-refractivity contribution in [2.75, 3.05) is 20.6 Å². The Hall–Kier alpha value is -1.06. The van der Waals surface area contributed by atoms with Gasteiger partial charge in [0.1, 0.15) is 6.54 Å². The minimum Gasteiger partial charge on any atom is -0.387 e. The number of rotatable bonds is 3. The lowest BCUT2D eigenvalue weighted by molar-refractivity contribution is -0.127. The van der Waals surface area contributed by atoms with E-state index in [1.807, 2.05) is 0 Å². The Balaban J connectivity index is 2.39. The third-order valence-corrected chi connectivity index (χ3v) is 2.67. The molecule has 0 bridgehead atoms. The third-order valence-electron chi connectivity index (χ3n) is 2.67. The Bertz CT molecular complexity index is 230. The number of nitrogens with two attached hydrogens (primary N) is 1. The lowest BCUT2D eigenvalue weighted by atomic mass is 10.1. The van der Waals surface area contributed by atoms with E-state index in [4.69, 9.17) is 5.73 Å². The van der Waals surface area contributed by atoms with Gasteiger partial charge in [0.2, 0.25) is 5.91 Å². The predicted molar refractivity (Wildman–Crippen MR) is 57.1 cm³/mol. The summed E-state index contributed by atoms with van der Waals surface area (Å²) in [6.45, 7) is 0.190. The van der Waals surface area contributed by atoms with Gasteiger partial charge in [0.05, 0.1) is 5.84 Å². The lowest BCUT2D eigenvalue weighted by Crippen LogP contribution is -2.27. The molecule has 0 aromatic heterocycles. The number of nitrogens with zero attached hydrogens (tertiary/aromatic N) is 2. The van der Waals surface area contributed by atoms with Crippen molar-refractivity contribution in [1.82, 2.24) is 4.90 Å². The van der Waals surface area contributed by atoms with Crippen LogP contribution in [-0.2, 0) is 4.79 Å². The molecule has 0 aliphatic heterocycles. The first-order valence-corrected chi connectivity index (χ1v) is 5.11. The molecular weight excluding hydrogens is 178 g/mol. The summed E-state index contributed by atoms with van der Waals surface area (Å²) in [6.07, 6.45) is 4.74. The molecule has 0 aromatic rings. The van der Waals surface area contributed by atoms with E-state index in [0.29, 0.717) is 11.8 Å². The quantitative estimate of drug-likeness (QED) is 0.532. The lowest BCUT2D eigenvalue weighted by Gasteiger charge is -2.10. The molecule has 0 saturated heterocycles. The highest BCUT2D eigenvalue weighted by molar-refractivity contribution is 5.86. The molecule has 4 nitrogen and oxygen atoms in total. The van der Waals surface area contributed by atoms with Crippen LogP contribution in [0.1, 0.15) is 25.7 Å². The van der Waals surface area contributed by atoms with Crippen molar-refractivity contribution >= 4 is 11.7 Å². The van der Waals surface area contributed by atoms with Crippen molar-refractivity contribution in [3.63, 3.8) is 0 Å². The van der Waals surface area contributed by atoms with Gasteiger partial charge in [-0.15, -0.1) is 0 Å². The van der Waals surface area contributed by atoms with Gasteiger partial charge in [0, 0.05) is 20.0 Å². The molecule has 0 spiro atoms. The van der Waals surface area contributed by atoms with Crippen molar-refractivity contribution in [3.8, 4) is 0 Å². The number of amidine groups is 1. The van der Waals surface area contributed by atoms with Gasteiger partial charge in [-0.3, -0.25) is 9.79 Å². The molecule has 2 N–H and O–H groups in total. The Morgan fingerprint density at radius 2 is 2.00 bits per heavy atom. The van der Waals surface area contributed by atoms with E-state index in [1.54, 1.807) is 14.1 Å². The monoisotopic (exact) mass is 197 g/mol. The van der Waals surface area contributed by atoms with Crippen LogP contribution in [0.4, 0.5) is 0 Å². The van der Waals surface area contributed by atoms with E-state index >= 15 is 0 Å². The zero-order chi connectivity index (χ0) is 10.6. The minimum absolute atomic E-state index is 0.00551. The Morgan fingerprint density at radius 3 is 2.50 bits per heavy atom. The molecule has 1 amide bonds. The Kier molecular flexibility index (Phi) is 3.92. The molecule has 80 valence electrons. The van der Waals surface area contributed by atoms with E-state index < -0.39 is 0 Å². The normalized spacial score (nSPS) is 18.6. The second kappa shape index (κ2) is 4.98. The van der Waals surface area contributed by atoms with Crippen LogP contribution in [-0.4, -0.2) is 37.3 Å². The van der Waals surface area contributed by atoms with Crippen molar-refractivity contribution in [2.45, 2.75) is 25.7 Å². The number of carbonyl (C=O) groups is 1. The third kappa shape index (κ3) is 3.01. The van der Waals surface area contributed by atoms with E-state index in [0.717, 1.165) is 12.8 Å². The first kappa shape index (κ1) is 11.0. The largest absolute Gasteiger partial charge is 0.387 e. The fourth-order valence-corrected chi connectivity index (χ4v) is 1.65. The number of carbonyl (C=O) groups excluding carboxylic acids is 1. The van der Waals surface area contributed by atoms with Gasteiger partial charge in [-0.1, -0.05) is 12.8 Å². The smallest absolute Gasteiger partial charge is 0.243 e. The Labute approximate surface area is 85.2 Å². The highest BCUT2D eigenvalue weighted by Crippen LogP contribution is 2.24. The van der Waals surface area contributed by atoms with E-state index in [9.17, 15) is 4.79 Å². The van der Waals surface area contributed by atoms with Crippen molar-refractivity contribution in [2.24, 2.45) is 16.6 Å². The van der Waals surface area contributed by atoms with E-state index in [2.05, 4.69) is 4.99 Å². The molecule has 1 aliphatic carbocycles. The molecule has 0 unspecified atom stereocenters. The van der Waals surface area contributed by atoms with Gasteiger partial charge in [0.15, 0.2) is 0 Å². The average molecular weight is 197 g/mol. The number of hydrogen-bond acceptors (Lipinski definition) is 2. The summed E-state index contributed by atoms with van der Waals surface area (Å²) in [7, 11) is 3.45. The highest BCUT2D eigenvalue weighted by atomic mass is 16.2. The first-order valence-electron chi connectivity index (χ1n) is 5.11. The number of hydrogen-bond donors (Lipinski definition) is 1. The fourth-order valence-electron chi connectivity index (χ4n) is 1.65. The fraction of sp³-hybridized carbons (Fsp3) is 0.800. The summed E-state index contributed by atoms with van der Waals surface area (Å²) in [5.41, 5.74) is 5.81. The molecule has 0 radical (unpaired) electrons. The van der Waals surface area contributed by atoms with Crippen molar-refractivity contribution in [1.29, 1.82) is 0 Å². The van der Waals surface area contributed by atoms with Crippen LogP contribution >= 0.6 is 0 Å². The van der Waals surface area contributed by atoms with Crippen LogP contribution in [0.25, 0.3) is 0 Å². The van der Waals surface area contributed by atoms with E-state index in [1.165, 1.54) is 17.7 Å². The zero-order valence-corrected chi connectivity index (χ0v) is 8.99.